The van der Waals surface area contributed by atoms with E-state index in [9.17, 15) is 4.79 Å². The summed E-state index contributed by atoms with van der Waals surface area (Å²) in [5, 5.41) is 5.36. The molecule has 0 unspecified atom stereocenters. The molecule has 4 aromatic rings. The molecule has 0 atom stereocenters. The number of nitrogens with zero attached hydrogens (tertiary/aromatic N) is 3. The third-order valence-electron chi connectivity index (χ3n) is 5.49. The maximum absolute atomic E-state index is 12.6. The molecule has 1 aliphatic rings. The van der Waals surface area contributed by atoms with Crippen LogP contribution in [0.25, 0.3) is 22.2 Å². The maximum atomic E-state index is 12.6. The lowest BCUT2D eigenvalue weighted by Gasteiger charge is -2.34. The molecule has 7 heteroatoms. The number of furan rings is 1. The molecule has 0 radical (unpaired) electrons. The Bertz CT molecular complexity index is 1160. The molecule has 0 spiro atoms. The molecule has 0 N–H and O–H groups in total. The first kappa shape index (κ1) is 19.8. The Morgan fingerprint density at radius 3 is 2.68 bits per heavy atom. The fourth-order valence-corrected chi connectivity index (χ4v) is 4.59. The first-order chi connectivity index (χ1) is 15.2. The lowest BCUT2D eigenvalue weighted by molar-refractivity contribution is -0.135. The van der Waals surface area contributed by atoms with Crippen molar-refractivity contribution in [3.8, 4) is 17.2 Å². The number of rotatable bonds is 6. The van der Waals surface area contributed by atoms with Crippen LogP contribution < -0.4 is 4.74 Å². The van der Waals surface area contributed by atoms with Gasteiger partial charge in [0, 0.05) is 31.6 Å². The number of thiazole rings is 1. The maximum Gasteiger partial charge on any atom is 0.260 e. The number of piperazine rings is 1. The average molecular weight is 434 g/mol. The molecular formula is C24H23N3O3S. The molecular weight excluding hydrogens is 410 g/mol. The van der Waals surface area contributed by atoms with Gasteiger partial charge in [0.05, 0.1) is 12.8 Å². The molecule has 6 nitrogen and oxygen atoms in total. The number of amides is 1. The van der Waals surface area contributed by atoms with E-state index in [1.54, 1.807) is 17.6 Å². The van der Waals surface area contributed by atoms with Gasteiger partial charge in [-0.15, -0.1) is 11.3 Å². The van der Waals surface area contributed by atoms with E-state index in [0.29, 0.717) is 13.1 Å². The summed E-state index contributed by atoms with van der Waals surface area (Å²) in [6.07, 6.45) is 1.66. The lowest BCUT2D eigenvalue weighted by atomic mass is 10.1. The fourth-order valence-electron chi connectivity index (χ4n) is 3.76. The molecule has 1 fully saturated rings. The number of hydrogen-bond acceptors (Lipinski definition) is 6. The number of aromatic nitrogens is 1. The fraction of sp³-hybridized carbons (Fsp3) is 0.250. The summed E-state index contributed by atoms with van der Waals surface area (Å²) in [6, 6.07) is 17.8. The third-order valence-corrected chi connectivity index (χ3v) is 6.33. The molecule has 0 aliphatic carbocycles. The smallest absolute Gasteiger partial charge is 0.260 e. The van der Waals surface area contributed by atoms with Gasteiger partial charge in [-0.2, -0.15) is 0 Å². The molecule has 0 saturated carbocycles. The normalized spacial score (nSPS) is 14.8. The van der Waals surface area contributed by atoms with E-state index in [-0.39, 0.29) is 12.5 Å². The van der Waals surface area contributed by atoms with Gasteiger partial charge >= 0.3 is 0 Å². The van der Waals surface area contributed by atoms with Gasteiger partial charge in [-0.05, 0) is 35.0 Å². The summed E-state index contributed by atoms with van der Waals surface area (Å²) >= 11 is 1.64. The second kappa shape index (κ2) is 8.91. The Morgan fingerprint density at radius 1 is 1.03 bits per heavy atom. The Morgan fingerprint density at radius 2 is 1.87 bits per heavy atom. The van der Waals surface area contributed by atoms with Crippen LogP contribution in [-0.4, -0.2) is 53.5 Å². The van der Waals surface area contributed by atoms with Gasteiger partial charge in [0.2, 0.25) is 0 Å². The summed E-state index contributed by atoms with van der Waals surface area (Å²) in [5.41, 5.74) is 0.879. The van der Waals surface area contributed by atoms with Crippen molar-refractivity contribution in [2.75, 3.05) is 32.8 Å². The Kier molecular flexibility index (Phi) is 5.69. The summed E-state index contributed by atoms with van der Waals surface area (Å²) in [5.74, 6) is 1.55. The number of carbonyl (C=O) groups excluding carboxylic acids is 1. The molecule has 158 valence electrons. The van der Waals surface area contributed by atoms with Gasteiger partial charge in [-0.1, -0.05) is 30.3 Å². The predicted molar refractivity (Wildman–Crippen MR) is 121 cm³/mol. The second-order valence-corrected chi connectivity index (χ2v) is 8.50. The highest BCUT2D eigenvalue weighted by atomic mass is 32.1. The van der Waals surface area contributed by atoms with E-state index in [1.807, 2.05) is 58.8 Å². The molecule has 1 saturated heterocycles. The minimum Gasteiger partial charge on any atom is -0.484 e. The molecule has 5 rings (SSSR count). The summed E-state index contributed by atoms with van der Waals surface area (Å²) in [6.45, 7) is 3.93. The van der Waals surface area contributed by atoms with E-state index in [2.05, 4.69) is 16.0 Å². The quantitative estimate of drug-likeness (QED) is 0.454. The topological polar surface area (TPSA) is 58.8 Å². The number of hydrogen-bond donors (Lipinski definition) is 0. The highest BCUT2D eigenvalue weighted by Gasteiger charge is 2.22. The van der Waals surface area contributed by atoms with E-state index in [4.69, 9.17) is 9.15 Å². The standard InChI is InChI=1S/C24H23N3O3S/c28-24(16-30-20-8-7-18-4-1-2-5-19(18)14-20)27-11-9-26(10-12-27)15-23-25-21(17-31-23)22-6-3-13-29-22/h1-8,13-14,17H,9-12,15-16H2. The van der Waals surface area contributed by atoms with Crippen LogP contribution in [0.2, 0.25) is 0 Å². The first-order valence-electron chi connectivity index (χ1n) is 10.3. The van der Waals surface area contributed by atoms with Gasteiger partial charge < -0.3 is 14.1 Å². The average Bonchev–Trinajstić information content (AvgIpc) is 3.50. The number of ether oxygens (including phenoxy) is 1. The molecule has 3 heterocycles. The largest absolute Gasteiger partial charge is 0.484 e. The van der Waals surface area contributed by atoms with Crippen LogP contribution in [0, 0.1) is 0 Å². The Balaban J connectivity index is 1.10. The first-order valence-corrected chi connectivity index (χ1v) is 11.2. The highest BCUT2D eigenvalue weighted by molar-refractivity contribution is 7.09. The summed E-state index contributed by atoms with van der Waals surface area (Å²) in [7, 11) is 0. The van der Waals surface area contributed by atoms with E-state index in [1.165, 1.54) is 0 Å². The monoisotopic (exact) mass is 433 g/mol. The van der Waals surface area contributed by atoms with E-state index >= 15 is 0 Å². The van der Waals surface area contributed by atoms with Crippen LogP contribution in [0.4, 0.5) is 0 Å². The minimum absolute atomic E-state index is 0.0298. The van der Waals surface area contributed by atoms with Crippen molar-refractivity contribution < 1.29 is 13.9 Å². The zero-order valence-corrected chi connectivity index (χ0v) is 17.9. The second-order valence-electron chi connectivity index (χ2n) is 7.56. The van der Waals surface area contributed by atoms with Crippen molar-refractivity contribution in [1.29, 1.82) is 0 Å². The zero-order valence-electron chi connectivity index (χ0n) is 17.1. The van der Waals surface area contributed by atoms with Gasteiger partial charge in [-0.3, -0.25) is 9.69 Å². The zero-order chi connectivity index (χ0) is 21.0. The van der Waals surface area contributed by atoms with Gasteiger partial charge in [0.1, 0.15) is 16.5 Å². The van der Waals surface area contributed by atoms with Crippen molar-refractivity contribution in [2.45, 2.75) is 6.54 Å². The van der Waals surface area contributed by atoms with Crippen LogP contribution >= 0.6 is 11.3 Å². The van der Waals surface area contributed by atoms with Crippen LogP contribution in [0.1, 0.15) is 5.01 Å². The summed E-state index contributed by atoms with van der Waals surface area (Å²) < 4.78 is 11.2. The molecule has 2 aromatic carbocycles. The van der Waals surface area contributed by atoms with Gasteiger partial charge in [0.25, 0.3) is 5.91 Å². The van der Waals surface area contributed by atoms with E-state index in [0.717, 1.165) is 52.6 Å². The minimum atomic E-state index is 0.0298. The third kappa shape index (κ3) is 4.62. The number of carbonyl (C=O) groups is 1. The van der Waals surface area contributed by atoms with Crippen LogP contribution in [0.15, 0.2) is 70.7 Å². The van der Waals surface area contributed by atoms with Gasteiger partial charge in [-0.25, -0.2) is 4.98 Å². The summed E-state index contributed by atoms with van der Waals surface area (Å²) in [4.78, 5) is 21.5. The highest BCUT2D eigenvalue weighted by Crippen LogP contribution is 2.23. The molecule has 2 aromatic heterocycles. The predicted octanol–water partition coefficient (Wildman–Crippen LogP) is 4.28. The number of fused-ring (bicyclic) bond motifs is 1. The van der Waals surface area contributed by atoms with Crippen molar-refractivity contribution in [2.24, 2.45) is 0 Å². The van der Waals surface area contributed by atoms with Crippen LogP contribution in [-0.2, 0) is 11.3 Å². The van der Waals surface area contributed by atoms with Crippen molar-refractivity contribution in [3.05, 3.63) is 71.2 Å². The molecule has 0 bridgehead atoms. The lowest BCUT2D eigenvalue weighted by Crippen LogP contribution is -2.49. The van der Waals surface area contributed by atoms with Crippen LogP contribution in [0.5, 0.6) is 5.75 Å². The SMILES string of the molecule is O=C(COc1ccc2ccccc2c1)N1CCN(Cc2nc(-c3ccco3)cs2)CC1. The van der Waals surface area contributed by atoms with Crippen molar-refractivity contribution >= 4 is 28.0 Å². The van der Waals surface area contributed by atoms with Crippen molar-refractivity contribution in [1.82, 2.24) is 14.8 Å². The molecule has 1 aliphatic heterocycles. The molecule has 31 heavy (non-hydrogen) atoms. The van der Waals surface area contributed by atoms with Crippen molar-refractivity contribution in [3.63, 3.8) is 0 Å². The number of benzene rings is 2. The van der Waals surface area contributed by atoms with E-state index < -0.39 is 0 Å². The Hall–Kier alpha value is -3.16. The molecule has 1 amide bonds. The van der Waals surface area contributed by atoms with Gasteiger partial charge in [0.15, 0.2) is 12.4 Å². The van der Waals surface area contributed by atoms with Crippen LogP contribution in [0.3, 0.4) is 0 Å². The Labute approximate surface area is 184 Å².